The van der Waals surface area contributed by atoms with Crippen LogP contribution in [0.5, 0.6) is 0 Å². The summed E-state index contributed by atoms with van der Waals surface area (Å²) in [5, 5.41) is 0.630. The molecule has 5 nitrogen and oxygen atoms in total. The van der Waals surface area contributed by atoms with Crippen LogP contribution in [0.4, 0.5) is 0 Å². The second-order valence-electron chi connectivity index (χ2n) is 4.83. The molecule has 1 aromatic carbocycles. The molecule has 0 atom stereocenters. The van der Waals surface area contributed by atoms with E-state index in [1.807, 2.05) is 12.1 Å². The SMILES string of the molecule is CCOC(=O)CCCCc1oc(=O)[nH]c1-c1ccc(Cl)cc1. The molecule has 0 fully saturated rings. The van der Waals surface area contributed by atoms with Gasteiger partial charge in [-0.05, 0) is 31.9 Å². The maximum absolute atomic E-state index is 11.5. The number of aryl methyl sites for hydroxylation is 1. The first-order valence-corrected chi connectivity index (χ1v) is 7.61. The van der Waals surface area contributed by atoms with Crippen molar-refractivity contribution in [2.24, 2.45) is 0 Å². The number of carbonyl (C=O) groups is 1. The van der Waals surface area contributed by atoms with Crippen LogP contribution in [0.1, 0.15) is 31.9 Å². The molecule has 0 radical (unpaired) electrons. The van der Waals surface area contributed by atoms with E-state index < -0.39 is 5.76 Å². The van der Waals surface area contributed by atoms with Crippen LogP contribution in [-0.2, 0) is 16.0 Å². The Kier molecular flexibility index (Phi) is 5.83. The molecule has 6 heteroatoms. The third kappa shape index (κ3) is 4.49. The van der Waals surface area contributed by atoms with Gasteiger partial charge in [0.1, 0.15) is 5.76 Å². The minimum absolute atomic E-state index is 0.198. The first-order chi connectivity index (χ1) is 10.6. The average Bonchev–Trinajstić information content (AvgIpc) is 2.86. The maximum Gasteiger partial charge on any atom is 0.416 e. The molecule has 0 saturated heterocycles. The number of halogens is 1. The van der Waals surface area contributed by atoms with Crippen LogP contribution in [0.3, 0.4) is 0 Å². The van der Waals surface area contributed by atoms with Crippen LogP contribution in [0.15, 0.2) is 33.5 Å². The summed E-state index contributed by atoms with van der Waals surface area (Å²) >= 11 is 5.86. The molecule has 118 valence electrons. The van der Waals surface area contributed by atoms with Gasteiger partial charge in [-0.25, -0.2) is 4.79 Å². The fourth-order valence-electron chi connectivity index (χ4n) is 2.17. The van der Waals surface area contributed by atoms with Crippen LogP contribution in [0, 0.1) is 0 Å². The van der Waals surface area contributed by atoms with Crippen LogP contribution in [0.2, 0.25) is 5.02 Å². The molecule has 0 amide bonds. The molecular formula is C16H18ClNO4. The summed E-state index contributed by atoms with van der Waals surface area (Å²) in [6.07, 6.45) is 2.38. The van der Waals surface area contributed by atoms with Gasteiger partial charge in [-0.2, -0.15) is 0 Å². The Balaban J connectivity index is 1.98. The summed E-state index contributed by atoms with van der Waals surface area (Å²) in [5.74, 6) is -0.0857. The fourth-order valence-corrected chi connectivity index (χ4v) is 2.30. The van der Waals surface area contributed by atoms with Crippen molar-refractivity contribution >= 4 is 17.6 Å². The number of H-pyrrole nitrogens is 1. The minimum atomic E-state index is -0.481. The van der Waals surface area contributed by atoms with E-state index in [1.54, 1.807) is 19.1 Å². The zero-order chi connectivity index (χ0) is 15.9. The van der Waals surface area contributed by atoms with E-state index in [-0.39, 0.29) is 5.97 Å². The lowest BCUT2D eigenvalue weighted by atomic mass is 10.1. The molecule has 0 aliphatic rings. The van der Waals surface area contributed by atoms with Crippen molar-refractivity contribution < 1.29 is 13.9 Å². The Morgan fingerprint density at radius 1 is 1.27 bits per heavy atom. The van der Waals surface area contributed by atoms with Crippen LogP contribution < -0.4 is 5.76 Å². The summed E-state index contributed by atoms with van der Waals surface area (Å²) in [6.45, 7) is 2.18. The fraction of sp³-hybridized carbons (Fsp3) is 0.375. The predicted octanol–water partition coefficient (Wildman–Crippen LogP) is 3.56. The summed E-state index contributed by atoms with van der Waals surface area (Å²) in [7, 11) is 0. The second-order valence-corrected chi connectivity index (χ2v) is 5.27. The van der Waals surface area contributed by atoms with Crippen molar-refractivity contribution in [1.82, 2.24) is 4.98 Å². The van der Waals surface area contributed by atoms with E-state index in [4.69, 9.17) is 20.8 Å². The lowest BCUT2D eigenvalue weighted by Crippen LogP contribution is -2.03. The van der Waals surface area contributed by atoms with Crippen LogP contribution in [-0.4, -0.2) is 17.6 Å². The van der Waals surface area contributed by atoms with E-state index in [2.05, 4.69) is 4.98 Å². The Morgan fingerprint density at radius 2 is 2.00 bits per heavy atom. The van der Waals surface area contributed by atoms with Crippen LogP contribution in [0.25, 0.3) is 11.3 Å². The van der Waals surface area contributed by atoms with Gasteiger partial charge in [0.05, 0.1) is 12.3 Å². The molecule has 0 aliphatic heterocycles. The lowest BCUT2D eigenvalue weighted by Gasteiger charge is -2.03. The van der Waals surface area contributed by atoms with E-state index >= 15 is 0 Å². The third-order valence-corrected chi connectivity index (χ3v) is 3.45. The number of benzene rings is 1. The zero-order valence-corrected chi connectivity index (χ0v) is 13.1. The summed E-state index contributed by atoms with van der Waals surface area (Å²) in [4.78, 5) is 25.4. The standard InChI is InChI=1S/C16H18ClNO4/c1-2-21-14(19)6-4-3-5-13-15(18-16(20)22-13)11-7-9-12(17)10-8-11/h7-10H,2-6H2,1H3,(H,18,20). The number of carbonyl (C=O) groups excluding carboxylic acids is 1. The number of hydrogen-bond donors (Lipinski definition) is 1. The number of unbranched alkanes of at least 4 members (excludes halogenated alkanes) is 1. The normalized spacial score (nSPS) is 10.6. The smallest absolute Gasteiger partial charge is 0.416 e. The lowest BCUT2D eigenvalue weighted by molar-refractivity contribution is -0.143. The van der Waals surface area contributed by atoms with Gasteiger partial charge in [0.2, 0.25) is 0 Å². The van der Waals surface area contributed by atoms with Crippen molar-refractivity contribution in [3.63, 3.8) is 0 Å². The number of oxazole rings is 1. The Bertz CT molecular complexity index is 672. The Morgan fingerprint density at radius 3 is 2.68 bits per heavy atom. The maximum atomic E-state index is 11.5. The van der Waals surface area contributed by atoms with E-state index in [1.165, 1.54) is 0 Å². The van der Waals surface area contributed by atoms with Gasteiger partial charge in [0.15, 0.2) is 0 Å². The molecule has 22 heavy (non-hydrogen) atoms. The Labute approximate surface area is 133 Å². The third-order valence-electron chi connectivity index (χ3n) is 3.19. The molecule has 1 heterocycles. The molecule has 0 saturated carbocycles. The molecule has 1 N–H and O–H groups in total. The second kappa shape index (κ2) is 7.84. The van der Waals surface area contributed by atoms with Crippen molar-refractivity contribution in [1.29, 1.82) is 0 Å². The van der Waals surface area contributed by atoms with E-state index in [0.717, 1.165) is 12.0 Å². The zero-order valence-electron chi connectivity index (χ0n) is 12.4. The van der Waals surface area contributed by atoms with Gasteiger partial charge >= 0.3 is 11.7 Å². The van der Waals surface area contributed by atoms with Crippen LogP contribution >= 0.6 is 11.6 Å². The molecule has 2 rings (SSSR count). The summed E-state index contributed by atoms with van der Waals surface area (Å²) in [6, 6.07) is 7.16. The van der Waals surface area contributed by atoms with Crippen molar-refractivity contribution in [2.75, 3.05) is 6.61 Å². The predicted molar refractivity (Wildman–Crippen MR) is 84.0 cm³/mol. The van der Waals surface area contributed by atoms with Crippen molar-refractivity contribution in [3.05, 3.63) is 45.6 Å². The molecule has 0 spiro atoms. The number of nitrogens with one attached hydrogen (secondary N) is 1. The first-order valence-electron chi connectivity index (χ1n) is 7.23. The molecular weight excluding hydrogens is 306 g/mol. The van der Waals surface area contributed by atoms with E-state index in [9.17, 15) is 9.59 Å². The van der Waals surface area contributed by atoms with Gasteiger partial charge in [0, 0.05) is 23.4 Å². The molecule has 1 aromatic heterocycles. The number of rotatable bonds is 7. The highest BCUT2D eigenvalue weighted by Gasteiger charge is 2.12. The minimum Gasteiger partial charge on any atom is -0.466 e. The van der Waals surface area contributed by atoms with Gasteiger partial charge in [-0.15, -0.1) is 0 Å². The number of aromatic nitrogens is 1. The van der Waals surface area contributed by atoms with E-state index in [0.29, 0.717) is 42.3 Å². The van der Waals surface area contributed by atoms with Crippen molar-refractivity contribution in [2.45, 2.75) is 32.6 Å². The number of ether oxygens (including phenoxy) is 1. The van der Waals surface area contributed by atoms with Gasteiger partial charge < -0.3 is 9.15 Å². The topological polar surface area (TPSA) is 72.3 Å². The average molecular weight is 324 g/mol. The highest BCUT2D eigenvalue weighted by Crippen LogP contribution is 2.23. The van der Waals surface area contributed by atoms with Gasteiger partial charge in [0.25, 0.3) is 0 Å². The Hall–Kier alpha value is -2.01. The molecule has 2 aromatic rings. The summed E-state index contributed by atoms with van der Waals surface area (Å²) < 4.78 is 10.1. The van der Waals surface area contributed by atoms with Gasteiger partial charge in [-0.3, -0.25) is 9.78 Å². The summed E-state index contributed by atoms with van der Waals surface area (Å²) in [5.41, 5.74) is 1.51. The van der Waals surface area contributed by atoms with Gasteiger partial charge in [-0.1, -0.05) is 23.7 Å². The monoisotopic (exact) mass is 323 g/mol. The molecule has 0 unspecified atom stereocenters. The quantitative estimate of drug-likeness (QED) is 0.624. The first kappa shape index (κ1) is 16.4. The highest BCUT2D eigenvalue weighted by molar-refractivity contribution is 6.30. The highest BCUT2D eigenvalue weighted by atomic mass is 35.5. The molecule has 0 aliphatic carbocycles. The van der Waals surface area contributed by atoms with Crippen molar-refractivity contribution in [3.8, 4) is 11.3 Å². The number of aromatic amines is 1. The molecule has 0 bridgehead atoms. The number of hydrogen-bond acceptors (Lipinski definition) is 4. The largest absolute Gasteiger partial charge is 0.466 e. The number of esters is 1.